The molecule has 1 aliphatic heterocycles. The Labute approximate surface area is 125 Å². The minimum Gasteiger partial charge on any atom is -0.351 e. The Balaban J connectivity index is 1.81. The molecule has 4 rings (SSSR count). The quantitative estimate of drug-likeness (QED) is 0.698. The fourth-order valence-electron chi connectivity index (χ4n) is 2.88. The summed E-state index contributed by atoms with van der Waals surface area (Å²) in [7, 11) is 0. The van der Waals surface area contributed by atoms with Gasteiger partial charge >= 0.3 is 0 Å². The topological polar surface area (TPSA) is 92.1 Å². The number of anilines is 1. The van der Waals surface area contributed by atoms with Crippen molar-refractivity contribution in [3.63, 3.8) is 0 Å². The molecular weight excluding hydrogens is 282 g/mol. The molecule has 0 radical (unpaired) electrons. The molecule has 0 unspecified atom stereocenters. The monoisotopic (exact) mass is 297 g/mol. The maximum absolute atomic E-state index is 12.2. The van der Waals surface area contributed by atoms with E-state index in [9.17, 15) is 4.79 Å². The molecule has 0 atom stereocenters. The van der Waals surface area contributed by atoms with E-state index < -0.39 is 0 Å². The van der Waals surface area contributed by atoms with E-state index in [0.29, 0.717) is 18.1 Å². The zero-order valence-electron chi connectivity index (χ0n) is 12.4. The minimum atomic E-state index is -0.0622. The molecule has 0 amide bonds. The summed E-state index contributed by atoms with van der Waals surface area (Å²) in [4.78, 5) is 30.0. The maximum Gasteiger partial charge on any atom is 0.256 e. The predicted octanol–water partition coefficient (Wildman–Crippen LogP) is 0.387. The number of aromatic amines is 1. The minimum absolute atomic E-state index is 0.0622. The summed E-state index contributed by atoms with van der Waals surface area (Å²) >= 11 is 0. The summed E-state index contributed by atoms with van der Waals surface area (Å²) in [6.07, 6.45) is 2.22. The van der Waals surface area contributed by atoms with Gasteiger partial charge in [-0.2, -0.15) is 14.6 Å². The molecule has 8 heteroatoms. The highest BCUT2D eigenvalue weighted by atomic mass is 16.1. The average Bonchev–Trinajstić information content (AvgIpc) is 2.94. The summed E-state index contributed by atoms with van der Waals surface area (Å²) < 4.78 is 1.70. The Morgan fingerprint density at radius 1 is 1.27 bits per heavy atom. The number of nitrogens with zero attached hydrogens (tertiary/aromatic N) is 6. The van der Waals surface area contributed by atoms with E-state index in [1.54, 1.807) is 11.4 Å². The van der Waals surface area contributed by atoms with Crippen molar-refractivity contribution >= 4 is 11.6 Å². The predicted molar refractivity (Wildman–Crippen MR) is 79.9 cm³/mol. The standard InChI is InChI=1S/C14H15N7O/c1-8-5-12(21-14(17-8)15-7-16-21)20-4-3-11-10(6-20)13(22)19-9(2)18-11/h5,7H,3-4,6H2,1-2H3,(H,18,19,22). The number of fused-ring (bicyclic) bond motifs is 2. The lowest BCUT2D eigenvalue weighted by molar-refractivity contribution is 0.670. The molecule has 0 spiro atoms. The van der Waals surface area contributed by atoms with Crippen LogP contribution in [0.25, 0.3) is 5.78 Å². The molecule has 3 aromatic heterocycles. The van der Waals surface area contributed by atoms with Gasteiger partial charge in [0, 0.05) is 24.7 Å². The molecular formula is C14H15N7O. The van der Waals surface area contributed by atoms with Crippen LogP contribution in [0.5, 0.6) is 0 Å². The Hall–Kier alpha value is -2.77. The van der Waals surface area contributed by atoms with Crippen molar-refractivity contribution in [1.29, 1.82) is 0 Å². The molecule has 4 heterocycles. The van der Waals surface area contributed by atoms with E-state index in [2.05, 4.69) is 29.9 Å². The van der Waals surface area contributed by atoms with Crippen LogP contribution < -0.4 is 10.5 Å². The zero-order chi connectivity index (χ0) is 15.3. The first kappa shape index (κ1) is 12.9. The second-order valence-electron chi connectivity index (χ2n) is 5.48. The van der Waals surface area contributed by atoms with Gasteiger partial charge in [-0.15, -0.1) is 0 Å². The van der Waals surface area contributed by atoms with Crippen LogP contribution in [0.2, 0.25) is 0 Å². The van der Waals surface area contributed by atoms with Gasteiger partial charge in [-0.25, -0.2) is 9.97 Å². The van der Waals surface area contributed by atoms with Gasteiger partial charge in [0.15, 0.2) is 0 Å². The van der Waals surface area contributed by atoms with Gasteiger partial charge in [0.05, 0.1) is 17.8 Å². The van der Waals surface area contributed by atoms with E-state index >= 15 is 0 Å². The summed E-state index contributed by atoms with van der Waals surface area (Å²) in [5.41, 5.74) is 2.42. The Morgan fingerprint density at radius 3 is 3.00 bits per heavy atom. The van der Waals surface area contributed by atoms with Gasteiger partial charge in [-0.05, 0) is 13.8 Å². The number of H-pyrrole nitrogens is 1. The molecule has 8 nitrogen and oxygen atoms in total. The second kappa shape index (κ2) is 4.62. The number of aromatic nitrogens is 6. The number of rotatable bonds is 1. The molecule has 112 valence electrons. The van der Waals surface area contributed by atoms with Crippen molar-refractivity contribution in [2.45, 2.75) is 26.8 Å². The molecule has 1 N–H and O–H groups in total. The molecule has 1 aliphatic rings. The lowest BCUT2D eigenvalue weighted by Crippen LogP contribution is -2.37. The Morgan fingerprint density at radius 2 is 2.14 bits per heavy atom. The lowest BCUT2D eigenvalue weighted by Gasteiger charge is -2.29. The van der Waals surface area contributed by atoms with Crippen LogP contribution >= 0.6 is 0 Å². The highest BCUT2D eigenvalue weighted by Gasteiger charge is 2.23. The second-order valence-corrected chi connectivity index (χ2v) is 5.48. The first-order chi connectivity index (χ1) is 10.6. The Kier molecular flexibility index (Phi) is 2.72. The first-order valence-corrected chi connectivity index (χ1v) is 7.13. The highest BCUT2D eigenvalue weighted by molar-refractivity contribution is 5.49. The van der Waals surface area contributed by atoms with Gasteiger partial charge in [-0.3, -0.25) is 4.79 Å². The molecule has 0 bridgehead atoms. The van der Waals surface area contributed by atoms with Crippen molar-refractivity contribution < 1.29 is 0 Å². The SMILES string of the molecule is Cc1cc(N2CCc3nc(C)[nH]c(=O)c3C2)n2ncnc2n1. The third-order valence-electron chi connectivity index (χ3n) is 3.87. The average molecular weight is 297 g/mol. The van der Waals surface area contributed by atoms with Crippen molar-refractivity contribution in [2.24, 2.45) is 0 Å². The molecule has 0 saturated heterocycles. The van der Waals surface area contributed by atoms with Crippen LogP contribution in [-0.4, -0.2) is 36.1 Å². The summed E-state index contributed by atoms with van der Waals surface area (Å²) in [6, 6.07) is 1.96. The lowest BCUT2D eigenvalue weighted by atomic mass is 10.1. The smallest absolute Gasteiger partial charge is 0.256 e. The fourth-order valence-corrected chi connectivity index (χ4v) is 2.88. The summed E-state index contributed by atoms with van der Waals surface area (Å²) in [5, 5.41) is 4.23. The summed E-state index contributed by atoms with van der Waals surface area (Å²) in [5.74, 6) is 2.12. The van der Waals surface area contributed by atoms with Crippen LogP contribution in [0.15, 0.2) is 17.2 Å². The molecule has 0 fully saturated rings. The van der Waals surface area contributed by atoms with Crippen molar-refractivity contribution in [2.75, 3.05) is 11.4 Å². The summed E-state index contributed by atoms with van der Waals surface area (Å²) in [6.45, 7) is 5.02. The fraction of sp³-hybridized carbons (Fsp3) is 0.357. The van der Waals surface area contributed by atoms with E-state index in [1.807, 2.05) is 13.0 Å². The number of aryl methyl sites for hydroxylation is 2. The number of hydrogen-bond donors (Lipinski definition) is 1. The third kappa shape index (κ3) is 1.95. The van der Waals surface area contributed by atoms with Crippen LogP contribution in [0.4, 0.5) is 5.82 Å². The molecule has 3 aromatic rings. The normalized spacial score (nSPS) is 14.4. The van der Waals surface area contributed by atoms with Crippen molar-refractivity contribution in [3.8, 4) is 0 Å². The molecule has 0 aliphatic carbocycles. The Bertz CT molecular complexity index is 927. The molecule has 0 aromatic carbocycles. The first-order valence-electron chi connectivity index (χ1n) is 7.13. The van der Waals surface area contributed by atoms with Gasteiger partial charge in [-0.1, -0.05) is 0 Å². The highest BCUT2D eigenvalue weighted by Crippen LogP contribution is 2.22. The third-order valence-corrected chi connectivity index (χ3v) is 3.87. The van der Waals surface area contributed by atoms with Gasteiger partial charge in [0.2, 0.25) is 0 Å². The molecule has 22 heavy (non-hydrogen) atoms. The van der Waals surface area contributed by atoms with Gasteiger partial charge in [0.25, 0.3) is 11.3 Å². The number of nitrogens with one attached hydrogen (secondary N) is 1. The van der Waals surface area contributed by atoms with E-state index in [1.165, 1.54) is 6.33 Å². The van der Waals surface area contributed by atoms with E-state index in [-0.39, 0.29) is 5.56 Å². The zero-order valence-corrected chi connectivity index (χ0v) is 12.4. The van der Waals surface area contributed by atoms with Crippen molar-refractivity contribution in [1.82, 2.24) is 29.5 Å². The van der Waals surface area contributed by atoms with E-state index in [0.717, 1.165) is 35.7 Å². The van der Waals surface area contributed by atoms with Crippen LogP contribution in [0.1, 0.15) is 22.8 Å². The largest absolute Gasteiger partial charge is 0.351 e. The van der Waals surface area contributed by atoms with Gasteiger partial charge in [0.1, 0.15) is 18.0 Å². The van der Waals surface area contributed by atoms with Crippen LogP contribution in [0, 0.1) is 13.8 Å². The number of hydrogen-bond acceptors (Lipinski definition) is 6. The van der Waals surface area contributed by atoms with E-state index in [4.69, 9.17) is 0 Å². The van der Waals surface area contributed by atoms with Crippen LogP contribution in [0.3, 0.4) is 0 Å². The van der Waals surface area contributed by atoms with Crippen LogP contribution in [-0.2, 0) is 13.0 Å². The maximum atomic E-state index is 12.2. The van der Waals surface area contributed by atoms with Crippen molar-refractivity contribution in [3.05, 3.63) is 45.5 Å². The van der Waals surface area contributed by atoms with Gasteiger partial charge < -0.3 is 9.88 Å². The molecule has 0 saturated carbocycles.